The van der Waals surface area contributed by atoms with Crippen molar-refractivity contribution in [1.82, 2.24) is 0 Å². The molecule has 0 radical (unpaired) electrons. The second-order valence-electron chi connectivity index (χ2n) is 4.97. The molecule has 0 aromatic carbocycles. The number of carbonyl (C=O) groups excluding carboxylic acids is 2. The highest BCUT2D eigenvalue weighted by Gasteiger charge is 2.55. The largest absolute Gasteiger partial charge is 0.444 e. The predicted molar refractivity (Wildman–Crippen MR) is 68.0 cm³/mol. The molecule has 4 nitrogen and oxygen atoms in total. The van der Waals surface area contributed by atoms with Crippen molar-refractivity contribution in [3.05, 3.63) is 0 Å². The molecule has 1 saturated heterocycles. The standard InChI is InChI=1S/C14H24O4/c1-5-9-13(7-3)11(15)18-14(8-4,10-6-2)12(16)17-13/h5-10H2,1-4H3. The summed E-state index contributed by atoms with van der Waals surface area (Å²) in [6.07, 6.45) is 3.56. The number of ether oxygens (including phenoxy) is 2. The summed E-state index contributed by atoms with van der Waals surface area (Å²) in [6.45, 7) is 7.63. The zero-order valence-corrected chi connectivity index (χ0v) is 11.9. The molecule has 0 saturated carbocycles. The Bertz CT molecular complexity index is 294. The third-order valence-corrected chi connectivity index (χ3v) is 3.77. The molecule has 0 N–H and O–H groups in total. The lowest BCUT2D eigenvalue weighted by molar-refractivity contribution is -0.230. The fraction of sp³-hybridized carbons (Fsp3) is 0.857. The molecule has 18 heavy (non-hydrogen) atoms. The Morgan fingerprint density at radius 2 is 1.11 bits per heavy atom. The van der Waals surface area contributed by atoms with E-state index in [4.69, 9.17) is 9.47 Å². The molecule has 1 fully saturated rings. The van der Waals surface area contributed by atoms with Gasteiger partial charge in [-0.15, -0.1) is 0 Å². The van der Waals surface area contributed by atoms with Crippen molar-refractivity contribution < 1.29 is 19.1 Å². The second-order valence-corrected chi connectivity index (χ2v) is 4.97. The topological polar surface area (TPSA) is 52.6 Å². The van der Waals surface area contributed by atoms with E-state index >= 15 is 0 Å². The Morgan fingerprint density at radius 1 is 0.778 bits per heavy atom. The Morgan fingerprint density at radius 3 is 1.33 bits per heavy atom. The summed E-state index contributed by atoms with van der Waals surface area (Å²) in [5.74, 6) is -0.747. The van der Waals surface area contributed by atoms with E-state index in [1.807, 2.05) is 27.7 Å². The normalized spacial score (nSPS) is 32.0. The Labute approximate surface area is 109 Å². The molecule has 0 aliphatic carbocycles. The predicted octanol–water partition coefficient (Wildman–Crippen LogP) is 2.98. The number of rotatable bonds is 6. The smallest absolute Gasteiger partial charge is 0.351 e. The highest BCUT2D eigenvalue weighted by Crippen LogP contribution is 2.37. The maximum atomic E-state index is 12.2. The maximum absolute atomic E-state index is 12.2. The van der Waals surface area contributed by atoms with Crippen LogP contribution in [0.4, 0.5) is 0 Å². The van der Waals surface area contributed by atoms with Crippen molar-refractivity contribution in [2.75, 3.05) is 0 Å². The summed E-state index contributed by atoms with van der Waals surface area (Å²) in [5.41, 5.74) is -2.11. The van der Waals surface area contributed by atoms with Crippen molar-refractivity contribution in [2.45, 2.75) is 77.4 Å². The van der Waals surface area contributed by atoms with E-state index in [1.165, 1.54) is 0 Å². The molecule has 0 bridgehead atoms. The van der Waals surface area contributed by atoms with Crippen LogP contribution in [0, 0.1) is 0 Å². The summed E-state index contributed by atoms with van der Waals surface area (Å²) in [4.78, 5) is 24.5. The number of hydrogen-bond acceptors (Lipinski definition) is 4. The van der Waals surface area contributed by atoms with E-state index in [-0.39, 0.29) is 11.9 Å². The van der Waals surface area contributed by atoms with Gasteiger partial charge in [0.05, 0.1) is 0 Å². The van der Waals surface area contributed by atoms with Gasteiger partial charge in [0.1, 0.15) is 0 Å². The van der Waals surface area contributed by atoms with Crippen molar-refractivity contribution in [1.29, 1.82) is 0 Å². The van der Waals surface area contributed by atoms with Crippen LogP contribution in [0.2, 0.25) is 0 Å². The Balaban J connectivity index is 3.00. The quantitative estimate of drug-likeness (QED) is 0.685. The van der Waals surface area contributed by atoms with Crippen LogP contribution < -0.4 is 0 Å². The van der Waals surface area contributed by atoms with Gasteiger partial charge in [-0.25, -0.2) is 9.59 Å². The molecule has 104 valence electrons. The molecule has 2 unspecified atom stereocenters. The van der Waals surface area contributed by atoms with Crippen LogP contribution in [0.1, 0.15) is 66.2 Å². The molecular formula is C14H24O4. The van der Waals surface area contributed by atoms with Gasteiger partial charge in [-0.2, -0.15) is 0 Å². The molecule has 1 heterocycles. The summed E-state index contributed by atoms with van der Waals surface area (Å²) >= 11 is 0. The molecule has 1 aliphatic rings. The molecule has 1 rings (SSSR count). The van der Waals surface area contributed by atoms with E-state index in [1.54, 1.807) is 0 Å². The van der Waals surface area contributed by atoms with Gasteiger partial charge in [0, 0.05) is 0 Å². The van der Waals surface area contributed by atoms with Crippen LogP contribution in [0.3, 0.4) is 0 Å². The molecule has 2 atom stereocenters. The van der Waals surface area contributed by atoms with Crippen LogP contribution in [0.15, 0.2) is 0 Å². The summed E-state index contributed by atoms with van der Waals surface area (Å²) in [6, 6.07) is 0. The molecule has 0 aromatic rings. The average Bonchev–Trinajstić information content (AvgIpc) is 2.35. The number of cyclic esters (lactones) is 2. The van der Waals surface area contributed by atoms with E-state index in [2.05, 4.69) is 0 Å². The number of carbonyl (C=O) groups is 2. The van der Waals surface area contributed by atoms with Gasteiger partial charge in [0.2, 0.25) is 11.2 Å². The van der Waals surface area contributed by atoms with Gasteiger partial charge >= 0.3 is 11.9 Å². The average molecular weight is 256 g/mol. The summed E-state index contributed by atoms with van der Waals surface area (Å²) < 4.78 is 11.0. The minimum absolute atomic E-state index is 0.373. The van der Waals surface area contributed by atoms with Gasteiger partial charge < -0.3 is 9.47 Å². The van der Waals surface area contributed by atoms with Gasteiger partial charge in [-0.1, -0.05) is 40.5 Å². The van der Waals surface area contributed by atoms with E-state index in [9.17, 15) is 9.59 Å². The first-order chi connectivity index (χ1) is 8.50. The minimum Gasteiger partial charge on any atom is -0.444 e. The molecule has 0 amide bonds. The Hall–Kier alpha value is -1.06. The van der Waals surface area contributed by atoms with Crippen molar-refractivity contribution >= 4 is 11.9 Å². The molecule has 1 aliphatic heterocycles. The zero-order valence-electron chi connectivity index (χ0n) is 11.9. The van der Waals surface area contributed by atoms with Crippen LogP contribution in [0.25, 0.3) is 0 Å². The monoisotopic (exact) mass is 256 g/mol. The van der Waals surface area contributed by atoms with Gasteiger partial charge in [-0.05, 0) is 25.7 Å². The van der Waals surface area contributed by atoms with Crippen LogP contribution >= 0.6 is 0 Å². The van der Waals surface area contributed by atoms with Gasteiger partial charge in [0.15, 0.2) is 0 Å². The second kappa shape index (κ2) is 5.72. The summed E-state index contributed by atoms with van der Waals surface area (Å²) in [7, 11) is 0. The molecule has 0 spiro atoms. The highest BCUT2D eigenvalue weighted by atomic mass is 16.7. The summed E-state index contributed by atoms with van der Waals surface area (Å²) in [5, 5.41) is 0. The van der Waals surface area contributed by atoms with Crippen molar-refractivity contribution in [3.8, 4) is 0 Å². The third kappa shape index (κ3) is 2.38. The lowest BCUT2D eigenvalue weighted by Crippen LogP contribution is -2.59. The van der Waals surface area contributed by atoms with Crippen molar-refractivity contribution in [3.63, 3.8) is 0 Å². The van der Waals surface area contributed by atoms with Gasteiger partial charge in [-0.3, -0.25) is 0 Å². The van der Waals surface area contributed by atoms with Crippen molar-refractivity contribution in [2.24, 2.45) is 0 Å². The first-order valence-electron chi connectivity index (χ1n) is 6.97. The molecular weight excluding hydrogens is 232 g/mol. The first-order valence-corrected chi connectivity index (χ1v) is 6.97. The minimum atomic E-state index is -1.06. The molecule has 4 heteroatoms. The zero-order chi connectivity index (χ0) is 13.8. The van der Waals surface area contributed by atoms with Gasteiger partial charge in [0.25, 0.3) is 0 Å². The van der Waals surface area contributed by atoms with Crippen LogP contribution in [-0.4, -0.2) is 23.1 Å². The fourth-order valence-corrected chi connectivity index (χ4v) is 2.52. The molecule has 0 aromatic heterocycles. The number of esters is 2. The fourth-order valence-electron chi connectivity index (χ4n) is 2.52. The van der Waals surface area contributed by atoms with E-state index in [0.717, 1.165) is 12.8 Å². The number of hydrogen-bond donors (Lipinski definition) is 0. The van der Waals surface area contributed by atoms with Crippen LogP contribution in [-0.2, 0) is 19.1 Å². The highest BCUT2D eigenvalue weighted by molar-refractivity contribution is 5.93. The maximum Gasteiger partial charge on any atom is 0.351 e. The SMILES string of the molecule is CCCC1(CC)OC(=O)C(CC)(CCC)OC1=O. The van der Waals surface area contributed by atoms with E-state index in [0.29, 0.717) is 25.7 Å². The van der Waals surface area contributed by atoms with Crippen LogP contribution in [0.5, 0.6) is 0 Å². The lowest BCUT2D eigenvalue weighted by Gasteiger charge is -2.43. The Kier molecular flexibility index (Phi) is 4.77. The lowest BCUT2D eigenvalue weighted by atomic mass is 9.88. The third-order valence-electron chi connectivity index (χ3n) is 3.77. The first kappa shape index (κ1) is 15.0. The van der Waals surface area contributed by atoms with E-state index < -0.39 is 11.2 Å².